The van der Waals surface area contributed by atoms with E-state index >= 15 is 0 Å². The summed E-state index contributed by atoms with van der Waals surface area (Å²) in [7, 11) is 0. The number of rotatable bonds is 6. The van der Waals surface area contributed by atoms with Crippen molar-refractivity contribution in [2.45, 2.75) is 37.6 Å². The van der Waals surface area contributed by atoms with Gasteiger partial charge in [-0.1, -0.05) is 18.2 Å². The molecule has 3 saturated heterocycles. The van der Waals surface area contributed by atoms with E-state index in [-0.39, 0.29) is 30.0 Å². The first-order valence-corrected chi connectivity index (χ1v) is 13.5. The molecule has 2 aromatic carbocycles. The number of non-ortho nitro benzene ring substituents is 1. The summed E-state index contributed by atoms with van der Waals surface area (Å²) in [6, 6.07) is 15.8. The number of carbonyl (C=O) groups is 3. The molecule has 204 valence electrons. The van der Waals surface area contributed by atoms with Crippen LogP contribution in [0.4, 0.5) is 11.4 Å². The van der Waals surface area contributed by atoms with Crippen molar-refractivity contribution in [1.29, 1.82) is 0 Å². The number of amides is 3. The fourth-order valence-corrected chi connectivity index (χ4v) is 5.81. The number of piperidine rings is 2. The van der Waals surface area contributed by atoms with Gasteiger partial charge in [-0.3, -0.25) is 24.5 Å². The van der Waals surface area contributed by atoms with Gasteiger partial charge in [0.15, 0.2) is 0 Å². The first kappa shape index (κ1) is 26.4. The highest BCUT2D eigenvalue weighted by atomic mass is 16.6. The lowest BCUT2D eigenvalue weighted by atomic mass is 9.85. The van der Waals surface area contributed by atoms with Crippen molar-refractivity contribution in [3.63, 3.8) is 0 Å². The Morgan fingerprint density at radius 1 is 0.897 bits per heavy atom. The minimum atomic E-state index is -0.803. The standard InChI is InChI=1S/C29H33N5O5/c35-26(14-11-23-9-12-25(13-10-23)34(38)39)31-19-15-29(16-20-31)28(37)32(21-27(36)30-17-5-2-6-18-30)22-33(29)24-7-3-1-4-8-24/h1,3-4,7-14H,2,5-6,15-22H2/b14-11+. The third kappa shape index (κ3) is 5.50. The molecule has 0 bridgehead atoms. The molecule has 0 aromatic heterocycles. The van der Waals surface area contributed by atoms with E-state index in [1.54, 1.807) is 28.0 Å². The van der Waals surface area contributed by atoms with Crippen LogP contribution in [0.1, 0.15) is 37.7 Å². The van der Waals surface area contributed by atoms with E-state index in [4.69, 9.17) is 0 Å². The van der Waals surface area contributed by atoms with Crippen LogP contribution in [0.15, 0.2) is 60.7 Å². The van der Waals surface area contributed by atoms with Crippen LogP contribution in [0.2, 0.25) is 0 Å². The molecule has 0 radical (unpaired) electrons. The Balaban J connectivity index is 1.28. The Hall–Kier alpha value is -4.21. The third-order valence-electron chi connectivity index (χ3n) is 8.04. The van der Waals surface area contributed by atoms with Crippen molar-refractivity contribution < 1.29 is 19.3 Å². The maximum Gasteiger partial charge on any atom is 0.269 e. The van der Waals surface area contributed by atoms with Gasteiger partial charge in [-0.15, -0.1) is 0 Å². The average molecular weight is 532 g/mol. The fourth-order valence-electron chi connectivity index (χ4n) is 5.81. The van der Waals surface area contributed by atoms with Crippen molar-refractivity contribution in [3.8, 4) is 0 Å². The highest BCUT2D eigenvalue weighted by molar-refractivity contribution is 5.97. The number of nitro benzene ring substituents is 1. The second kappa shape index (κ2) is 11.3. The van der Waals surface area contributed by atoms with E-state index < -0.39 is 10.5 Å². The topological polar surface area (TPSA) is 107 Å². The van der Waals surface area contributed by atoms with E-state index in [2.05, 4.69) is 4.90 Å². The van der Waals surface area contributed by atoms with Gasteiger partial charge in [-0.25, -0.2) is 0 Å². The zero-order chi connectivity index (χ0) is 27.4. The van der Waals surface area contributed by atoms with Crippen LogP contribution in [0.3, 0.4) is 0 Å². The molecule has 3 aliphatic heterocycles. The van der Waals surface area contributed by atoms with Crippen molar-refractivity contribution in [1.82, 2.24) is 14.7 Å². The van der Waals surface area contributed by atoms with Crippen LogP contribution in [0.5, 0.6) is 0 Å². The van der Waals surface area contributed by atoms with Gasteiger partial charge in [-0.05, 0) is 68.0 Å². The summed E-state index contributed by atoms with van der Waals surface area (Å²) in [5.74, 6) is -0.223. The number of likely N-dealkylation sites (tertiary alicyclic amines) is 2. The lowest BCUT2D eigenvalue weighted by Crippen LogP contribution is -2.57. The largest absolute Gasteiger partial charge is 0.341 e. The van der Waals surface area contributed by atoms with Crippen molar-refractivity contribution in [2.75, 3.05) is 44.3 Å². The molecular formula is C29H33N5O5. The zero-order valence-corrected chi connectivity index (χ0v) is 21.9. The van der Waals surface area contributed by atoms with Crippen LogP contribution in [-0.4, -0.2) is 82.3 Å². The van der Waals surface area contributed by atoms with Crippen LogP contribution >= 0.6 is 0 Å². The molecule has 3 heterocycles. The van der Waals surface area contributed by atoms with Crippen molar-refractivity contribution >= 4 is 35.2 Å². The second-order valence-electron chi connectivity index (χ2n) is 10.4. The first-order valence-electron chi connectivity index (χ1n) is 13.5. The third-order valence-corrected chi connectivity index (χ3v) is 8.04. The molecule has 5 rings (SSSR count). The molecule has 3 aliphatic rings. The second-order valence-corrected chi connectivity index (χ2v) is 10.4. The molecule has 3 amide bonds. The summed E-state index contributed by atoms with van der Waals surface area (Å²) < 4.78 is 0. The molecule has 10 heteroatoms. The van der Waals surface area contributed by atoms with Gasteiger partial charge >= 0.3 is 0 Å². The number of para-hydroxylation sites is 1. The molecule has 0 saturated carbocycles. The normalized spacial score (nSPS) is 19.2. The monoisotopic (exact) mass is 531 g/mol. The molecule has 39 heavy (non-hydrogen) atoms. The highest BCUT2D eigenvalue weighted by Crippen LogP contribution is 2.39. The van der Waals surface area contributed by atoms with Crippen molar-refractivity contribution in [2.24, 2.45) is 0 Å². The maximum absolute atomic E-state index is 13.9. The summed E-state index contributed by atoms with van der Waals surface area (Å²) in [6.07, 6.45) is 7.17. The lowest BCUT2D eigenvalue weighted by molar-refractivity contribution is -0.384. The minimum absolute atomic E-state index is 0.00268. The molecule has 0 atom stereocenters. The number of hydrogen-bond donors (Lipinski definition) is 0. The van der Waals surface area contributed by atoms with Gasteiger partial charge in [-0.2, -0.15) is 0 Å². The maximum atomic E-state index is 13.9. The molecule has 0 N–H and O–H groups in total. The van der Waals surface area contributed by atoms with Gasteiger partial charge < -0.3 is 19.6 Å². The summed E-state index contributed by atoms with van der Waals surface area (Å²) in [5, 5.41) is 10.9. The predicted octanol–water partition coefficient (Wildman–Crippen LogP) is 3.29. The van der Waals surface area contributed by atoms with E-state index in [0.717, 1.165) is 38.0 Å². The van der Waals surface area contributed by atoms with Gasteiger partial charge in [0.1, 0.15) is 12.1 Å². The molecular weight excluding hydrogens is 498 g/mol. The number of benzene rings is 2. The molecule has 10 nitrogen and oxygen atoms in total. The van der Waals surface area contributed by atoms with Crippen LogP contribution in [0, 0.1) is 10.1 Å². The Morgan fingerprint density at radius 2 is 1.56 bits per heavy atom. The van der Waals surface area contributed by atoms with E-state index in [1.807, 2.05) is 35.2 Å². The Bertz CT molecular complexity index is 1250. The smallest absolute Gasteiger partial charge is 0.269 e. The molecule has 0 unspecified atom stereocenters. The summed E-state index contributed by atoms with van der Waals surface area (Å²) in [6.45, 7) is 2.73. The average Bonchev–Trinajstić information content (AvgIpc) is 3.23. The van der Waals surface area contributed by atoms with E-state index in [9.17, 15) is 24.5 Å². The van der Waals surface area contributed by atoms with Crippen LogP contribution < -0.4 is 4.90 Å². The summed E-state index contributed by atoms with van der Waals surface area (Å²) in [4.78, 5) is 57.6. The number of nitrogens with zero attached hydrogens (tertiary/aromatic N) is 5. The Labute approximate surface area is 227 Å². The predicted molar refractivity (Wildman–Crippen MR) is 147 cm³/mol. The van der Waals surface area contributed by atoms with Crippen LogP contribution in [0.25, 0.3) is 6.08 Å². The number of anilines is 1. The lowest BCUT2D eigenvalue weighted by Gasteiger charge is -2.43. The first-order chi connectivity index (χ1) is 18.9. The van der Waals surface area contributed by atoms with Gasteiger partial charge in [0.05, 0.1) is 11.6 Å². The minimum Gasteiger partial charge on any atom is -0.341 e. The SMILES string of the molecule is O=C(/C=C/c1ccc([N+](=O)[O-])cc1)N1CCC2(CC1)C(=O)N(CC(=O)N1CCCCC1)CN2c1ccccc1. The summed E-state index contributed by atoms with van der Waals surface area (Å²) >= 11 is 0. The number of nitro groups is 1. The zero-order valence-electron chi connectivity index (χ0n) is 21.9. The molecule has 0 aliphatic carbocycles. The van der Waals surface area contributed by atoms with Crippen LogP contribution in [-0.2, 0) is 14.4 Å². The molecule has 1 spiro atoms. The number of carbonyl (C=O) groups excluding carboxylic acids is 3. The van der Waals surface area contributed by atoms with Gasteiger partial charge in [0, 0.05) is 50.1 Å². The van der Waals surface area contributed by atoms with E-state index in [0.29, 0.717) is 38.2 Å². The highest BCUT2D eigenvalue weighted by Gasteiger charge is 2.54. The molecule has 2 aromatic rings. The Kier molecular flexibility index (Phi) is 7.63. The van der Waals surface area contributed by atoms with Gasteiger partial charge in [0.2, 0.25) is 11.8 Å². The summed E-state index contributed by atoms with van der Waals surface area (Å²) in [5.41, 5.74) is 0.813. The number of hydrogen-bond acceptors (Lipinski definition) is 6. The van der Waals surface area contributed by atoms with Crippen molar-refractivity contribution in [3.05, 3.63) is 76.4 Å². The fraction of sp³-hybridized carbons (Fsp3) is 0.414. The quantitative estimate of drug-likeness (QED) is 0.322. The Morgan fingerprint density at radius 3 is 2.21 bits per heavy atom. The van der Waals surface area contributed by atoms with E-state index in [1.165, 1.54) is 18.2 Å². The van der Waals surface area contributed by atoms with Gasteiger partial charge in [0.25, 0.3) is 11.6 Å². The molecule has 3 fully saturated rings.